The van der Waals surface area contributed by atoms with E-state index < -0.39 is 11.8 Å². The molecule has 103 heavy (non-hydrogen) atoms. The van der Waals surface area contributed by atoms with Crippen LogP contribution in [0.1, 0.15) is 16.7 Å². The van der Waals surface area contributed by atoms with Crippen molar-refractivity contribution in [1.29, 1.82) is 0 Å². The number of aromatic amines is 2. The quantitative estimate of drug-likeness (QED) is 0.0938. The molecule has 4 N–H and O–H groups in total. The van der Waals surface area contributed by atoms with Crippen molar-refractivity contribution in [2.45, 2.75) is 19.3 Å². The number of nitrogens with zero attached hydrogens (tertiary/aromatic N) is 6. The molecule has 1 aromatic heterocycles. The predicted octanol–water partition coefficient (Wildman–Crippen LogP) is 18.5. The lowest BCUT2D eigenvalue weighted by molar-refractivity contribution is -0.122. The molecule has 0 aliphatic carbocycles. The maximum Gasteiger partial charge on any atom is 0.323 e. The fourth-order valence-corrected chi connectivity index (χ4v) is 14.5. The van der Waals surface area contributed by atoms with Gasteiger partial charge >= 0.3 is 5.69 Å². The molecule has 0 saturated heterocycles. The molecule has 510 valence electrons. The van der Waals surface area contributed by atoms with Gasteiger partial charge in [-0.2, -0.15) is 9.15 Å². The standard InChI is InChI=1S/C30H23ClN4O2.C29H23ClN2O2.C27H23ClN2O2/c1-34-27-14-11-22(31)16-28(27)35(23-12-13-25-26(17-23)33-30(37)32-25)18-21(29(34)36)15-20-9-5-6-10-24(20)19-7-3-2-4-8-19;1-31-27-16-11-23(30)18-28(27)32(24-12-14-25(33)15-13-24)19-22(29(31)34)17-21-9-5-6-10-26(21)20-7-3-2-4-8-20;1-29-25-13-8-22(28)16-26(25)30(23-9-11-24(31)12-10-23)17-21(27(29)32)15-18-6-7-19-4-2-3-5-20(19)14-18/h2-14,16-18,21H,15H2,1H3,(H-,32,33,37);2-16,18-19,22H,17H2,1H3;2-14,16,21,31H,15,17H2,1H3/p+2. The molecule has 3 amide bonds. The number of carbonyl (C=O) groups excluding carboxylic acids is 3. The molecule has 0 radical (unpaired) electrons. The van der Waals surface area contributed by atoms with Crippen LogP contribution < -0.4 is 34.4 Å². The highest BCUT2D eigenvalue weighted by molar-refractivity contribution is 6.32. The molecular formula is C86H71Cl3N8O6+2. The number of anilines is 5. The molecule has 3 atom stereocenters. The number of fused-ring (bicyclic) bond motifs is 5. The van der Waals surface area contributed by atoms with Crippen molar-refractivity contribution < 1.29 is 24.6 Å². The Bertz CT molecular complexity index is 5490. The molecule has 17 heteroatoms. The number of benzene rings is 12. The summed E-state index contributed by atoms with van der Waals surface area (Å²) < 4.78 is 4.00. The van der Waals surface area contributed by atoms with Gasteiger partial charge in [0.15, 0.2) is 12.4 Å². The fraction of sp³-hybridized carbons (Fsp3) is 0.116. The third-order valence-electron chi connectivity index (χ3n) is 19.2. The summed E-state index contributed by atoms with van der Waals surface area (Å²) in [7, 11) is 5.43. The van der Waals surface area contributed by atoms with Gasteiger partial charge in [-0.05, 0) is 154 Å². The molecule has 16 rings (SSSR count). The maximum absolute atomic E-state index is 13.8. The van der Waals surface area contributed by atoms with Crippen molar-refractivity contribution in [2.24, 2.45) is 17.8 Å². The summed E-state index contributed by atoms with van der Waals surface area (Å²) in [6, 6.07) is 87.8. The molecule has 13 aromatic rings. The molecule has 0 spiro atoms. The summed E-state index contributed by atoms with van der Waals surface area (Å²) in [6.45, 7) is 0.508. The summed E-state index contributed by atoms with van der Waals surface area (Å²) in [5, 5.41) is 23.7. The number of halogens is 3. The Labute approximate surface area is 611 Å². The second-order valence-corrected chi connectivity index (χ2v) is 27.1. The Balaban J connectivity index is 0.000000131. The smallest absolute Gasteiger partial charge is 0.323 e. The van der Waals surface area contributed by atoms with Gasteiger partial charge in [-0.1, -0.05) is 186 Å². The minimum atomic E-state index is -0.443. The van der Waals surface area contributed by atoms with Crippen molar-refractivity contribution in [3.05, 3.63) is 315 Å². The number of amides is 3. The number of phenolic OH excluding ortho intramolecular Hbond substituents is 2. The SMILES string of the molecule is CN1C(=O)C(Cc2ccc3ccccc3c2)CN(c2ccc(O)cc2)c2cc(Cl)ccc21.CN1C(=O)C(Cc2ccccc2-c2ccccc2)C=[N+](c2ccc(O)cc2)c2cc(Cl)ccc21.CN1C(=O)C(Cc2ccccc2-c2ccccc2)C=[N+](c2ccc3[nH]c(=O)[nH]c3c2)c2cc(Cl)ccc21. The fourth-order valence-electron chi connectivity index (χ4n) is 14.0. The highest BCUT2D eigenvalue weighted by Gasteiger charge is 2.38. The first kappa shape index (κ1) is 68.3. The van der Waals surface area contributed by atoms with Crippen molar-refractivity contribution in [3.63, 3.8) is 0 Å². The monoisotopic (exact) mass is 1420 g/mol. The molecule has 0 bridgehead atoms. The summed E-state index contributed by atoms with van der Waals surface area (Å²) in [4.78, 5) is 65.7. The second kappa shape index (κ2) is 29.8. The molecule has 0 fully saturated rings. The van der Waals surface area contributed by atoms with Crippen LogP contribution in [0.3, 0.4) is 0 Å². The number of hydrogen-bond donors (Lipinski definition) is 4. The number of H-pyrrole nitrogens is 2. The maximum atomic E-state index is 13.8. The molecule has 4 heterocycles. The number of nitrogens with one attached hydrogen (secondary N) is 2. The van der Waals surface area contributed by atoms with Gasteiger partial charge in [0.25, 0.3) is 0 Å². The molecule has 3 unspecified atom stereocenters. The highest BCUT2D eigenvalue weighted by Crippen LogP contribution is 2.43. The Kier molecular flexibility index (Phi) is 19.8. The van der Waals surface area contributed by atoms with E-state index in [0.29, 0.717) is 46.4 Å². The molecule has 0 saturated carbocycles. The average molecular weight is 1420 g/mol. The first-order valence-corrected chi connectivity index (χ1v) is 34.9. The van der Waals surface area contributed by atoms with Crippen molar-refractivity contribution in [3.8, 4) is 33.8 Å². The van der Waals surface area contributed by atoms with Crippen LogP contribution in [0.25, 0.3) is 44.1 Å². The van der Waals surface area contributed by atoms with Crippen molar-refractivity contribution in [2.75, 3.05) is 47.3 Å². The van der Waals surface area contributed by atoms with Gasteiger partial charge in [0.05, 0.1) is 28.3 Å². The lowest BCUT2D eigenvalue weighted by Gasteiger charge is -2.27. The van der Waals surface area contributed by atoms with E-state index in [4.69, 9.17) is 34.8 Å². The number of rotatable bonds is 11. The van der Waals surface area contributed by atoms with Crippen LogP contribution in [-0.4, -0.2) is 78.0 Å². The number of phenols is 2. The van der Waals surface area contributed by atoms with Crippen molar-refractivity contribution in [1.82, 2.24) is 19.1 Å². The second-order valence-electron chi connectivity index (χ2n) is 25.8. The summed E-state index contributed by atoms with van der Waals surface area (Å²) in [5.41, 5.74) is 16.3. The zero-order chi connectivity index (χ0) is 71.4. The lowest BCUT2D eigenvalue weighted by atomic mass is 9.92. The van der Waals surface area contributed by atoms with E-state index in [2.05, 4.69) is 93.7 Å². The van der Waals surface area contributed by atoms with Crippen LogP contribution in [0.5, 0.6) is 11.5 Å². The van der Waals surface area contributed by atoms with Crippen LogP contribution in [0.4, 0.5) is 51.2 Å². The Morgan fingerprint density at radius 2 is 0.874 bits per heavy atom. The third kappa shape index (κ3) is 14.7. The Morgan fingerprint density at radius 1 is 0.408 bits per heavy atom. The number of aromatic hydroxyl groups is 2. The van der Waals surface area contributed by atoms with Gasteiger partial charge < -0.3 is 39.8 Å². The predicted molar refractivity (Wildman–Crippen MR) is 421 cm³/mol. The van der Waals surface area contributed by atoms with E-state index in [1.54, 1.807) is 65.2 Å². The van der Waals surface area contributed by atoms with E-state index >= 15 is 0 Å². The minimum Gasteiger partial charge on any atom is -0.508 e. The summed E-state index contributed by atoms with van der Waals surface area (Å²) in [6.07, 6.45) is 5.63. The van der Waals surface area contributed by atoms with Crippen LogP contribution >= 0.6 is 34.8 Å². The van der Waals surface area contributed by atoms with Crippen LogP contribution in [-0.2, 0) is 33.6 Å². The van der Waals surface area contributed by atoms with Gasteiger partial charge in [-0.25, -0.2) is 4.79 Å². The van der Waals surface area contributed by atoms with Crippen LogP contribution in [0, 0.1) is 17.8 Å². The average Bonchev–Trinajstić information content (AvgIpc) is 1.67. The highest BCUT2D eigenvalue weighted by atomic mass is 35.5. The first-order chi connectivity index (χ1) is 50.0. The van der Waals surface area contributed by atoms with E-state index in [1.165, 1.54) is 10.8 Å². The normalized spacial score (nSPS) is 15.7. The minimum absolute atomic E-state index is 0.00714. The lowest BCUT2D eigenvalue weighted by Crippen LogP contribution is -2.36. The van der Waals surface area contributed by atoms with Gasteiger partial charge in [0.2, 0.25) is 40.5 Å². The number of carbonyl (C=O) groups is 3. The van der Waals surface area contributed by atoms with Crippen LogP contribution in [0.2, 0.25) is 15.1 Å². The Hall–Kier alpha value is -11.8. The van der Waals surface area contributed by atoms with E-state index in [9.17, 15) is 29.4 Å². The van der Waals surface area contributed by atoms with Gasteiger partial charge in [-0.15, -0.1) is 0 Å². The van der Waals surface area contributed by atoms with Gasteiger partial charge in [-0.3, -0.25) is 14.4 Å². The molecule has 3 aliphatic heterocycles. The van der Waals surface area contributed by atoms with Gasteiger partial charge in [0, 0.05) is 84.8 Å². The zero-order valence-corrected chi connectivity index (χ0v) is 58.8. The summed E-state index contributed by atoms with van der Waals surface area (Å²) >= 11 is 19.1. The van der Waals surface area contributed by atoms with Crippen molar-refractivity contribution >= 4 is 138 Å². The molecule has 12 aromatic carbocycles. The summed E-state index contributed by atoms with van der Waals surface area (Å²) in [5.74, 6) is -0.638. The van der Waals surface area contributed by atoms with E-state index in [-0.39, 0.29) is 40.8 Å². The zero-order valence-electron chi connectivity index (χ0n) is 56.5. The first-order valence-electron chi connectivity index (χ1n) is 33.8. The van der Waals surface area contributed by atoms with Crippen LogP contribution in [0.15, 0.2) is 278 Å². The number of aromatic nitrogens is 2. The number of imidazole rings is 1. The molecule has 3 aliphatic rings. The molecular weight excluding hydrogens is 1350 g/mol. The largest absolute Gasteiger partial charge is 0.508 e. The van der Waals surface area contributed by atoms with E-state index in [1.807, 2.05) is 186 Å². The third-order valence-corrected chi connectivity index (χ3v) is 19.9. The number of hydrogen-bond acceptors (Lipinski definition) is 7. The van der Waals surface area contributed by atoms with E-state index in [0.717, 1.165) is 95.6 Å². The topological polar surface area (TPSA) is 159 Å². The van der Waals surface area contributed by atoms with Gasteiger partial charge in [0.1, 0.15) is 34.7 Å². The Morgan fingerprint density at radius 3 is 1.45 bits per heavy atom. The molecule has 14 nitrogen and oxygen atoms in total.